The van der Waals surface area contributed by atoms with Crippen LogP contribution in [-0.2, 0) is 6.54 Å². The van der Waals surface area contributed by atoms with Crippen LogP contribution in [-0.4, -0.2) is 29.1 Å². The summed E-state index contributed by atoms with van der Waals surface area (Å²) in [4.78, 5) is 6.20. The molecule has 0 aliphatic rings. The Labute approximate surface area is 114 Å². The molecule has 0 spiro atoms. The highest BCUT2D eigenvalue weighted by Crippen LogP contribution is 2.32. The highest BCUT2D eigenvalue weighted by molar-refractivity contribution is 6.39. The number of nitrogens with two attached hydrogens (primary N) is 1. The Bertz CT molecular complexity index is 545. The van der Waals surface area contributed by atoms with E-state index in [2.05, 4.69) is 10.1 Å². The van der Waals surface area contributed by atoms with E-state index in [4.69, 9.17) is 33.5 Å². The zero-order chi connectivity index (χ0) is 13.3. The quantitative estimate of drug-likeness (QED) is 0.879. The van der Waals surface area contributed by atoms with Crippen molar-refractivity contribution in [3.63, 3.8) is 0 Å². The lowest BCUT2D eigenvalue weighted by atomic mass is 10.2. The molecule has 2 rings (SSSR count). The van der Waals surface area contributed by atoms with Crippen LogP contribution in [0.15, 0.2) is 16.7 Å². The summed E-state index contributed by atoms with van der Waals surface area (Å²) in [5.74, 6) is 0.967. The summed E-state index contributed by atoms with van der Waals surface area (Å²) in [5, 5.41) is 4.60. The Morgan fingerprint density at radius 2 is 1.89 bits per heavy atom. The van der Waals surface area contributed by atoms with Gasteiger partial charge >= 0.3 is 0 Å². The summed E-state index contributed by atoms with van der Waals surface area (Å²) in [6, 6.07) is 3.30. The first-order valence-electron chi connectivity index (χ1n) is 5.19. The molecule has 0 aliphatic heterocycles. The number of benzene rings is 1. The van der Waals surface area contributed by atoms with Gasteiger partial charge in [-0.15, -0.1) is 0 Å². The van der Waals surface area contributed by atoms with Crippen LogP contribution in [0.5, 0.6) is 0 Å². The van der Waals surface area contributed by atoms with E-state index >= 15 is 0 Å². The summed E-state index contributed by atoms with van der Waals surface area (Å²) in [5.41, 5.74) is 6.66. The maximum Gasteiger partial charge on any atom is 0.258 e. The average molecular weight is 287 g/mol. The molecule has 5 nitrogen and oxygen atoms in total. The number of nitrogens with zero attached hydrogens (tertiary/aromatic N) is 3. The monoisotopic (exact) mass is 286 g/mol. The molecular formula is C11H12Cl2N4O. The average Bonchev–Trinajstić information content (AvgIpc) is 2.72. The second-order valence-electron chi connectivity index (χ2n) is 4.11. The Balaban J connectivity index is 2.34. The zero-order valence-electron chi connectivity index (χ0n) is 9.94. The molecular weight excluding hydrogens is 275 g/mol. The highest BCUT2D eigenvalue weighted by atomic mass is 35.5. The fourth-order valence-corrected chi connectivity index (χ4v) is 1.91. The van der Waals surface area contributed by atoms with Gasteiger partial charge in [-0.3, -0.25) is 0 Å². The lowest BCUT2D eigenvalue weighted by Crippen LogP contribution is -2.11. The fraction of sp³-hybridized carbons (Fsp3) is 0.273. The number of halogens is 2. The van der Waals surface area contributed by atoms with Gasteiger partial charge < -0.3 is 15.2 Å². The van der Waals surface area contributed by atoms with Crippen LogP contribution in [0, 0.1) is 0 Å². The van der Waals surface area contributed by atoms with Crippen LogP contribution in [0.4, 0.5) is 5.69 Å². The number of anilines is 1. The Morgan fingerprint density at radius 1 is 1.28 bits per heavy atom. The normalized spacial score (nSPS) is 11.2. The van der Waals surface area contributed by atoms with Gasteiger partial charge in [-0.05, 0) is 26.2 Å². The largest absolute Gasteiger partial charge is 0.396 e. The van der Waals surface area contributed by atoms with Gasteiger partial charge in [0, 0.05) is 5.56 Å². The molecule has 0 saturated carbocycles. The van der Waals surface area contributed by atoms with Crippen molar-refractivity contribution in [2.45, 2.75) is 6.54 Å². The summed E-state index contributed by atoms with van der Waals surface area (Å²) in [6.07, 6.45) is 0. The molecule has 0 aliphatic carbocycles. The first-order valence-corrected chi connectivity index (χ1v) is 5.95. The maximum absolute atomic E-state index is 5.95. The van der Waals surface area contributed by atoms with Gasteiger partial charge in [-0.2, -0.15) is 4.98 Å². The Kier molecular flexibility index (Phi) is 3.75. The van der Waals surface area contributed by atoms with E-state index in [1.165, 1.54) is 0 Å². The topological polar surface area (TPSA) is 68.2 Å². The van der Waals surface area contributed by atoms with Gasteiger partial charge in [0.1, 0.15) is 0 Å². The highest BCUT2D eigenvalue weighted by Gasteiger charge is 2.13. The molecule has 0 unspecified atom stereocenters. The molecule has 96 valence electrons. The van der Waals surface area contributed by atoms with E-state index in [9.17, 15) is 0 Å². The van der Waals surface area contributed by atoms with Crippen LogP contribution in [0.2, 0.25) is 10.0 Å². The smallest absolute Gasteiger partial charge is 0.258 e. The minimum Gasteiger partial charge on any atom is -0.396 e. The molecule has 2 N–H and O–H groups in total. The van der Waals surface area contributed by atoms with Gasteiger partial charge in [-0.25, -0.2) is 0 Å². The zero-order valence-corrected chi connectivity index (χ0v) is 11.5. The first kappa shape index (κ1) is 13.1. The van der Waals surface area contributed by atoms with Crippen LogP contribution < -0.4 is 5.73 Å². The van der Waals surface area contributed by atoms with Crippen LogP contribution in [0.25, 0.3) is 11.5 Å². The van der Waals surface area contributed by atoms with Crippen molar-refractivity contribution in [2.75, 3.05) is 19.8 Å². The van der Waals surface area contributed by atoms with Crippen molar-refractivity contribution >= 4 is 28.9 Å². The molecule has 18 heavy (non-hydrogen) atoms. The SMILES string of the molecule is CN(C)Cc1noc(-c2cc(Cl)c(N)c(Cl)c2)n1. The molecule has 1 aromatic carbocycles. The van der Waals surface area contributed by atoms with Crippen molar-refractivity contribution in [3.8, 4) is 11.5 Å². The predicted octanol–water partition coefficient (Wildman–Crippen LogP) is 2.69. The maximum atomic E-state index is 5.95. The third-order valence-electron chi connectivity index (χ3n) is 2.25. The lowest BCUT2D eigenvalue weighted by Gasteiger charge is -2.03. The summed E-state index contributed by atoms with van der Waals surface area (Å²) in [6.45, 7) is 0.597. The van der Waals surface area contributed by atoms with Gasteiger partial charge in [0.15, 0.2) is 5.82 Å². The van der Waals surface area contributed by atoms with Gasteiger partial charge in [0.2, 0.25) is 0 Å². The Morgan fingerprint density at radius 3 is 2.44 bits per heavy atom. The van der Waals surface area contributed by atoms with Crippen LogP contribution in [0.1, 0.15) is 5.82 Å². The minimum atomic E-state index is 0.343. The molecule has 0 atom stereocenters. The fourth-order valence-electron chi connectivity index (χ4n) is 1.43. The van der Waals surface area contributed by atoms with Crippen LogP contribution in [0.3, 0.4) is 0 Å². The third-order valence-corrected chi connectivity index (χ3v) is 2.88. The molecule has 2 aromatic rings. The predicted molar refractivity (Wildman–Crippen MR) is 71.6 cm³/mol. The molecule has 0 saturated heterocycles. The molecule has 7 heteroatoms. The standard InChI is InChI=1S/C11H12Cl2N4O/c1-17(2)5-9-15-11(18-16-9)6-3-7(12)10(14)8(13)4-6/h3-4H,5,14H2,1-2H3. The van der Waals surface area contributed by atoms with Gasteiger partial charge in [-0.1, -0.05) is 28.4 Å². The van der Waals surface area contributed by atoms with Crippen molar-refractivity contribution in [1.82, 2.24) is 15.0 Å². The van der Waals surface area contributed by atoms with E-state index in [1.807, 2.05) is 19.0 Å². The second kappa shape index (κ2) is 5.14. The summed E-state index contributed by atoms with van der Waals surface area (Å²) < 4.78 is 5.16. The van der Waals surface area contributed by atoms with E-state index in [0.717, 1.165) is 0 Å². The molecule has 0 amide bonds. The van der Waals surface area contributed by atoms with Gasteiger partial charge in [0.05, 0.1) is 22.3 Å². The van der Waals surface area contributed by atoms with Crippen molar-refractivity contribution in [1.29, 1.82) is 0 Å². The molecule has 1 heterocycles. The number of hydrogen-bond acceptors (Lipinski definition) is 5. The molecule has 0 radical (unpaired) electrons. The number of aromatic nitrogens is 2. The van der Waals surface area contributed by atoms with Gasteiger partial charge in [0.25, 0.3) is 5.89 Å². The van der Waals surface area contributed by atoms with E-state index in [1.54, 1.807) is 12.1 Å². The second-order valence-corrected chi connectivity index (χ2v) is 4.92. The van der Waals surface area contributed by atoms with E-state index in [0.29, 0.717) is 39.6 Å². The summed E-state index contributed by atoms with van der Waals surface area (Å²) in [7, 11) is 3.85. The number of rotatable bonds is 3. The molecule has 1 aromatic heterocycles. The molecule has 0 fully saturated rings. The minimum absolute atomic E-state index is 0.343. The van der Waals surface area contributed by atoms with Crippen molar-refractivity contribution in [3.05, 3.63) is 28.0 Å². The first-order chi connectivity index (χ1) is 8.47. The van der Waals surface area contributed by atoms with E-state index < -0.39 is 0 Å². The third kappa shape index (κ3) is 2.75. The number of hydrogen-bond donors (Lipinski definition) is 1. The van der Waals surface area contributed by atoms with E-state index in [-0.39, 0.29) is 0 Å². The lowest BCUT2D eigenvalue weighted by molar-refractivity contribution is 0.365. The summed E-state index contributed by atoms with van der Waals surface area (Å²) >= 11 is 11.9. The van der Waals surface area contributed by atoms with Crippen molar-refractivity contribution < 1.29 is 4.52 Å². The Hall–Kier alpha value is -1.30. The van der Waals surface area contributed by atoms with Crippen LogP contribution >= 0.6 is 23.2 Å². The number of nitrogen functional groups attached to an aromatic ring is 1. The molecule has 0 bridgehead atoms. The van der Waals surface area contributed by atoms with Crippen molar-refractivity contribution in [2.24, 2.45) is 0 Å².